The molecule has 0 aliphatic carbocycles. The van der Waals surface area contributed by atoms with Crippen LogP contribution >= 0.6 is 11.8 Å². The molecule has 0 spiro atoms. The van der Waals surface area contributed by atoms with Crippen LogP contribution in [-0.2, 0) is 11.0 Å². The van der Waals surface area contributed by atoms with E-state index >= 15 is 0 Å². The second-order valence-corrected chi connectivity index (χ2v) is 7.91. The van der Waals surface area contributed by atoms with Crippen molar-refractivity contribution in [2.24, 2.45) is 0 Å². The number of carbonyl (C=O) groups is 1. The van der Waals surface area contributed by atoms with Crippen LogP contribution in [0.4, 0.5) is 19.0 Å². The Morgan fingerprint density at radius 3 is 2.67 bits per heavy atom. The molecule has 0 saturated carbocycles. The van der Waals surface area contributed by atoms with Gasteiger partial charge >= 0.3 is 6.18 Å². The van der Waals surface area contributed by atoms with Gasteiger partial charge in [-0.15, -0.1) is 5.10 Å². The van der Waals surface area contributed by atoms with E-state index in [9.17, 15) is 18.0 Å². The normalized spacial score (nSPS) is 21.3. The summed E-state index contributed by atoms with van der Waals surface area (Å²) in [5.41, 5.74) is 0.533. The largest absolute Gasteiger partial charge is 0.453 e. The number of hydrogen-bond donors (Lipinski definition) is 0. The number of hydrogen-bond acceptors (Lipinski definition) is 6. The summed E-state index contributed by atoms with van der Waals surface area (Å²) < 4.78 is 40.2. The van der Waals surface area contributed by atoms with Gasteiger partial charge < -0.3 is 9.80 Å². The van der Waals surface area contributed by atoms with Gasteiger partial charge in [0.2, 0.25) is 5.91 Å². The molecule has 2 aliphatic rings. The molecule has 7 nitrogen and oxygen atoms in total. The molecule has 2 saturated heterocycles. The zero-order chi connectivity index (χ0) is 19.2. The average Bonchev–Trinajstić information content (AvgIpc) is 3.27. The van der Waals surface area contributed by atoms with Crippen LogP contribution in [0.15, 0.2) is 6.07 Å². The SMILES string of the molecule is Cc1cc(N2CCCC2C(=O)N2CCSCC2)n2nc(C(F)(F)F)nc2n1. The molecule has 2 fully saturated rings. The fourth-order valence-corrected chi connectivity index (χ4v) is 4.49. The van der Waals surface area contributed by atoms with Crippen molar-refractivity contribution in [1.82, 2.24) is 24.5 Å². The van der Waals surface area contributed by atoms with Gasteiger partial charge in [-0.05, 0) is 19.8 Å². The van der Waals surface area contributed by atoms with E-state index < -0.39 is 18.0 Å². The number of halogens is 3. The van der Waals surface area contributed by atoms with Crippen LogP contribution in [0.3, 0.4) is 0 Å². The summed E-state index contributed by atoms with van der Waals surface area (Å²) in [6, 6.07) is 1.27. The van der Waals surface area contributed by atoms with E-state index in [-0.39, 0.29) is 11.7 Å². The summed E-state index contributed by atoms with van der Waals surface area (Å²) in [4.78, 5) is 24.3. The van der Waals surface area contributed by atoms with Gasteiger partial charge in [0.15, 0.2) is 0 Å². The molecule has 146 valence electrons. The van der Waals surface area contributed by atoms with Gasteiger partial charge in [0.05, 0.1) is 0 Å². The Morgan fingerprint density at radius 1 is 1.22 bits per heavy atom. The monoisotopic (exact) mass is 400 g/mol. The number of anilines is 1. The maximum atomic E-state index is 13.0. The highest BCUT2D eigenvalue weighted by atomic mass is 32.2. The van der Waals surface area contributed by atoms with Crippen molar-refractivity contribution < 1.29 is 18.0 Å². The van der Waals surface area contributed by atoms with Gasteiger partial charge in [-0.25, -0.2) is 4.98 Å². The predicted molar refractivity (Wildman–Crippen MR) is 94.8 cm³/mol. The highest BCUT2D eigenvalue weighted by Gasteiger charge is 2.39. The number of rotatable bonds is 2. The molecule has 2 aromatic heterocycles. The van der Waals surface area contributed by atoms with Crippen molar-refractivity contribution in [1.29, 1.82) is 0 Å². The van der Waals surface area contributed by atoms with Crippen molar-refractivity contribution >= 4 is 29.3 Å². The van der Waals surface area contributed by atoms with Crippen molar-refractivity contribution in [2.45, 2.75) is 32.0 Å². The molecule has 4 rings (SSSR count). The molecule has 2 aliphatic heterocycles. The van der Waals surface area contributed by atoms with Crippen LogP contribution in [-0.4, -0.2) is 67.6 Å². The molecule has 4 heterocycles. The number of thioether (sulfide) groups is 1. The summed E-state index contributed by atoms with van der Waals surface area (Å²) in [6.45, 7) is 3.69. The van der Waals surface area contributed by atoms with Crippen molar-refractivity contribution in [3.8, 4) is 0 Å². The number of aryl methyl sites for hydroxylation is 1. The Morgan fingerprint density at radius 2 is 1.96 bits per heavy atom. The number of alkyl halides is 3. The number of aromatic nitrogens is 4. The zero-order valence-corrected chi connectivity index (χ0v) is 15.6. The third-order valence-corrected chi connectivity index (χ3v) is 5.77. The minimum atomic E-state index is -4.65. The molecular weight excluding hydrogens is 381 g/mol. The first-order valence-corrected chi connectivity index (χ1v) is 9.95. The predicted octanol–water partition coefficient (Wildman–Crippen LogP) is 2.00. The van der Waals surface area contributed by atoms with Gasteiger partial charge in [0.1, 0.15) is 11.9 Å². The molecule has 0 radical (unpaired) electrons. The van der Waals surface area contributed by atoms with Gasteiger partial charge in [-0.1, -0.05) is 0 Å². The first-order chi connectivity index (χ1) is 12.8. The van der Waals surface area contributed by atoms with Crippen molar-refractivity contribution in [3.05, 3.63) is 17.6 Å². The lowest BCUT2D eigenvalue weighted by molar-refractivity contribution is -0.144. The third-order valence-electron chi connectivity index (χ3n) is 4.83. The van der Waals surface area contributed by atoms with E-state index in [4.69, 9.17) is 0 Å². The summed E-state index contributed by atoms with van der Waals surface area (Å²) in [5.74, 6) is 0.959. The smallest absolute Gasteiger partial charge is 0.344 e. The highest BCUT2D eigenvalue weighted by Crippen LogP contribution is 2.31. The molecule has 1 atom stereocenters. The molecule has 27 heavy (non-hydrogen) atoms. The minimum Gasteiger partial charge on any atom is -0.344 e. The topological polar surface area (TPSA) is 66.6 Å². The van der Waals surface area contributed by atoms with E-state index in [0.717, 1.165) is 22.4 Å². The fraction of sp³-hybridized carbons (Fsp3) is 0.625. The van der Waals surface area contributed by atoms with Crippen LogP contribution in [0.2, 0.25) is 0 Å². The minimum absolute atomic E-state index is 0.0339. The first-order valence-electron chi connectivity index (χ1n) is 8.79. The standard InChI is InChI=1S/C16H19F3N6OS/c1-10-9-12(25-15(20-10)21-14(22-25)16(17,18)19)24-4-2-3-11(24)13(26)23-5-7-27-8-6-23/h9,11H,2-8H2,1H3. The average molecular weight is 400 g/mol. The van der Waals surface area contributed by atoms with Crippen LogP contribution < -0.4 is 4.90 Å². The zero-order valence-electron chi connectivity index (χ0n) is 14.7. The van der Waals surface area contributed by atoms with Crippen LogP contribution in [0, 0.1) is 6.92 Å². The fourth-order valence-electron chi connectivity index (χ4n) is 3.58. The van der Waals surface area contributed by atoms with E-state index in [1.807, 2.05) is 21.6 Å². The molecular formula is C16H19F3N6OS. The number of fused-ring (bicyclic) bond motifs is 1. The highest BCUT2D eigenvalue weighted by molar-refractivity contribution is 7.99. The Balaban J connectivity index is 1.71. The van der Waals surface area contributed by atoms with Gasteiger partial charge in [0.25, 0.3) is 11.6 Å². The molecule has 0 N–H and O–H groups in total. The molecule has 0 aromatic carbocycles. The van der Waals surface area contributed by atoms with Crippen LogP contribution in [0.25, 0.3) is 5.78 Å². The summed E-state index contributed by atoms with van der Waals surface area (Å²) in [6.07, 6.45) is -3.18. The summed E-state index contributed by atoms with van der Waals surface area (Å²) >= 11 is 1.82. The first kappa shape index (κ1) is 18.3. The van der Waals surface area contributed by atoms with E-state index in [2.05, 4.69) is 15.1 Å². The maximum absolute atomic E-state index is 13.0. The number of nitrogens with zero attached hydrogens (tertiary/aromatic N) is 6. The molecule has 11 heteroatoms. The number of carbonyl (C=O) groups excluding carboxylic acids is 1. The Labute approximate surface area is 157 Å². The second-order valence-electron chi connectivity index (χ2n) is 6.69. The quantitative estimate of drug-likeness (QED) is 0.768. The van der Waals surface area contributed by atoms with E-state index in [1.54, 1.807) is 13.0 Å². The summed E-state index contributed by atoms with van der Waals surface area (Å²) in [5, 5.41) is 3.62. The molecule has 0 bridgehead atoms. The van der Waals surface area contributed by atoms with Crippen LogP contribution in [0.5, 0.6) is 0 Å². The van der Waals surface area contributed by atoms with Gasteiger partial charge in [0, 0.05) is 42.9 Å². The lowest BCUT2D eigenvalue weighted by Crippen LogP contribution is -2.49. The lowest BCUT2D eigenvalue weighted by atomic mass is 10.2. The lowest BCUT2D eigenvalue weighted by Gasteiger charge is -2.33. The Kier molecular flexibility index (Phi) is 4.65. The summed E-state index contributed by atoms with van der Waals surface area (Å²) in [7, 11) is 0. The Bertz CT molecular complexity index is 864. The molecule has 1 amide bonds. The van der Waals surface area contributed by atoms with Crippen molar-refractivity contribution in [2.75, 3.05) is 36.0 Å². The van der Waals surface area contributed by atoms with Gasteiger partial charge in [-0.3, -0.25) is 4.79 Å². The van der Waals surface area contributed by atoms with Crippen molar-refractivity contribution in [3.63, 3.8) is 0 Å². The molecule has 1 unspecified atom stereocenters. The second kappa shape index (κ2) is 6.84. The molecule has 2 aromatic rings. The maximum Gasteiger partial charge on any atom is 0.453 e. The van der Waals surface area contributed by atoms with Crippen LogP contribution in [0.1, 0.15) is 24.4 Å². The van der Waals surface area contributed by atoms with E-state index in [1.165, 1.54) is 0 Å². The Hall–Kier alpha value is -2.04. The van der Waals surface area contributed by atoms with E-state index in [0.29, 0.717) is 37.6 Å². The number of amides is 1. The van der Waals surface area contributed by atoms with Gasteiger partial charge in [-0.2, -0.15) is 34.4 Å². The third kappa shape index (κ3) is 3.44.